The Labute approximate surface area is 178 Å². The third-order valence-electron chi connectivity index (χ3n) is 4.87. The van der Waals surface area contributed by atoms with Crippen molar-refractivity contribution in [1.82, 2.24) is 19.6 Å². The third kappa shape index (κ3) is 3.92. The molecular weight excluding hydrogens is 434 g/mol. The summed E-state index contributed by atoms with van der Waals surface area (Å²) < 4.78 is 55.5. The molecule has 0 aliphatic carbocycles. The zero-order chi connectivity index (χ0) is 22.5. The molecule has 0 bridgehead atoms. The van der Waals surface area contributed by atoms with E-state index in [-0.39, 0.29) is 20.9 Å². The van der Waals surface area contributed by atoms with Crippen molar-refractivity contribution >= 4 is 33.1 Å². The van der Waals surface area contributed by atoms with Crippen LogP contribution in [-0.2, 0) is 19.8 Å². The van der Waals surface area contributed by atoms with Crippen molar-refractivity contribution in [3.8, 4) is 0 Å². The maximum atomic E-state index is 13.2. The van der Waals surface area contributed by atoms with Crippen LogP contribution in [0.1, 0.15) is 32.3 Å². The number of nitrogens with one attached hydrogen (secondary N) is 1. The Hall–Kier alpha value is -3.21. The highest BCUT2D eigenvalue weighted by Gasteiger charge is 2.37. The molecule has 1 aromatic carbocycles. The Kier molecular flexibility index (Phi) is 5.08. The van der Waals surface area contributed by atoms with E-state index < -0.39 is 17.8 Å². The van der Waals surface area contributed by atoms with Gasteiger partial charge in [0.05, 0.1) is 28.5 Å². The minimum atomic E-state index is -4.61. The fourth-order valence-corrected chi connectivity index (χ4v) is 4.30. The van der Waals surface area contributed by atoms with Gasteiger partial charge in [-0.15, -0.1) is 11.3 Å². The van der Waals surface area contributed by atoms with E-state index in [1.54, 1.807) is 30.7 Å². The van der Waals surface area contributed by atoms with Gasteiger partial charge in [0, 0.05) is 12.4 Å². The first-order valence-electron chi connectivity index (χ1n) is 9.18. The third-order valence-corrected chi connectivity index (χ3v) is 6.07. The van der Waals surface area contributed by atoms with Gasteiger partial charge in [-0.1, -0.05) is 12.1 Å². The number of thiophene rings is 1. The van der Waals surface area contributed by atoms with Crippen molar-refractivity contribution in [2.24, 2.45) is 7.05 Å². The van der Waals surface area contributed by atoms with Gasteiger partial charge in [-0.3, -0.25) is 14.2 Å². The Bertz CT molecular complexity index is 1280. The lowest BCUT2D eigenvalue weighted by atomic mass is 10.2. The van der Waals surface area contributed by atoms with Gasteiger partial charge < -0.3 is 5.32 Å². The molecule has 1 N–H and O–H groups in total. The Morgan fingerprint density at radius 1 is 1.16 bits per heavy atom. The molecule has 0 saturated carbocycles. The van der Waals surface area contributed by atoms with Gasteiger partial charge >= 0.3 is 6.18 Å². The monoisotopic (exact) mass is 451 g/mol. The van der Waals surface area contributed by atoms with Crippen molar-refractivity contribution in [3.05, 3.63) is 63.7 Å². The maximum absolute atomic E-state index is 13.2. The number of hydrogen-bond acceptors (Lipinski definition) is 4. The summed E-state index contributed by atoms with van der Waals surface area (Å²) in [5.74, 6) is -0.862. The van der Waals surface area contributed by atoms with Crippen LogP contribution < -0.4 is 5.32 Å². The molecule has 0 aliphatic heterocycles. The molecule has 0 spiro atoms. The second-order valence-electron chi connectivity index (χ2n) is 7.08. The van der Waals surface area contributed by atoms with Gasteiger partial charge in [-0.2, -0.15) is 23.4 Å². The van der Waals surface area contributed by atoms with E-state index in [2.05, 4.69) is 15.5 Å². The zero-order valence-corrected chi connectivity index (χ0v) is 17.5. The summed E-state index contributed by atoms with van der Waals surface area (Å²) in [5, 5.41) is 10.6. The highest BCUT2D eigenvalue weighted by molar-refractivity contribution is 7.20. The fourth-order valence-electron chi connectivity index (χ4n) is 3.33. The first-order valence-corrected chi connectivity index (χ1v) is 9.99. The number of rotatable bonds is 4. The summed E-state index contributed by atoms with van der Waals surface area (Å²) in [7, 11) is 1.41. The molecule has 1 amide bonds. The highest BCUT2D eigenvalue weighted by atomic mass is 32.1. The Morgan fingerprint density at radius 3 is 2.48 bits per heavy atom. The zero-order valence-electron chi connectivity index (χ0n) is 16.7. The van der Waals surface area contributed by atoms with Crippen LogP contribution in [-0.4, -0.2) is 25.5 Å². The van der Waals surface area contributed by atoms with E-state index in [4.69, 9.17) is 0 Å². The van der Waals surface area contributed by atoms with Crippen LogP contribution in [0.25, 0.3) is 10.2 Å². The second kappa shape index (κ2) is 7.49. The van der Waals surface area contributed by atoms with Gasteiger partial charge in [-0.05, 0) is 37.6 Å². The van der Waals surface area contributed by atoms with E-state index in [0.717, 1.165) is 21.6 Å². The van der Waals surface area contributed by atoms with Crippen LogP contribution in [0.5, 0.6) is 0 Å². The lowest BCUT2D eigenvalue weighted by Gasteiger charge is -2.07. The smallest absolute Gasteiger partial charge is 0.318 e. The van der Waals surface area contributed by atoms with E-state index in [9.17, 15) is 22.4 Å². The lowest BCUT2D eigenvalue weighted by Crippen LogP contribution is -2.12. The molecule has 0 unspecified atom stereocenters. The fraction of sp³-hybridized carbons (Fsp3) is 0.250. The van der Waals surface area contributed by atoms with Crippen LogP contribution in [0.15, 0.2) is 30.3 Å². The molecule has 11 heteroatoms. The first kappa shape index (κ1) is 21.0. The number of anilines is 1. The van der Waals surface area contributed by atoms with Crippen molar-refractivity contribution in [2.45, 2.75) is 26.6 Å². The number of hydrogen-bond donors (Lipinski definition) is 1. The van der Waals surface area contributed by atoms with Gasteiger partial charge in [-0.25, -0.2) is 4.39 Å². The minimum Gasteiger partial charge on any atom is -0.318 e. The average molecular weight is 451 g/mol. The van der Waals surface area contributed by atoms with Crippen LogP contribution in [0, 0.1) is 19.7 Å². The normalized spacial score (nSPS) is 12.0. The molecule has 0 aliphatic rings. The van der Waals surface area contributed by atoms with Gasteiger partial charge in [0.15, 0.2) is 5.69 Å². The molecule has 0 radical (unpaired) electrons. The molecule has 3 aromatic heterocycles. The summed E-state index contributed by atoms with van der Waals surface area (Å²) in [4.78, 5) is 13.2. The molecule has 0 saturated heterocycles. The largest absolute Gasteiger partial charge is 0.435 e. The van der Waals surface area contributed by atoms with Gasteiger partial charge in [0.1, 0.15) is 10.6 Å². The molecule has 4 rings (SSSR count). The standard InChI is InChI=1S/C20H17F4N5OS/c1-10-16(11(2)29(26-10)9-12-4-6-13(21)7-5-12)25-18(30)15-8-14-17(20(22,23)24)27-28(3)19(14)31-15/h4-8H,9H2,1-3H3,(H,25,30). The first-order chi connectivity index (χ1) is 14.5. The van der Waals surface area contributed by atoms with E-state index in [1.807, 2.05) is 0 Å². The number of nitrogens with zero attached hydrogens (tertiary/aromatic N) is 4. The number of alkyl halides is 3. The Balaban J connectivity index is 1.60. The van der Waals surface area contributed by atoms with E-state index in [0.29, 0.717) is 23.6 Å². The number of benzene rings is 1. The number of carbonyl (C=O) groups is 1. The number of aromatic nitrogens is 4. The number of carbonyl (C=O) groups excluding carboxylic acids is 1. The Morgan fingerprint density at radius 2 is 1.84 bits per heavy atom. The summed E-state index contributed by atoms with van der Waals surface area (Å²) in [6.07, 6.45) is -4.61. The summed E-state index contributed by atoms with van der Waals surface area (Å²) in [6, 6.07) is 7.21. The second-order valence-corrected chi connectivity index (χ2v) is 8.11. The topological polar surface area (TPSA) is 64.7 Å². The van der Waals surface area contributed by atoms with Crippen LogP contribution >= 0.6 is 11.3 Å². The number of fused-ring (bicyclic) bond motifs is 1. The summed E-state index contributed by atoms with van der Waals surface area (Å²) >= 11 is 0.936. The molecule has 31 heavy (non-hydrogen) atoms. The number of amides is 1. The van der Waals surface area contributed by atoms with Crippen LogP contribution in [0.2, 0.25) is 0 Å². The highest BCUT2D eigenvalue weighted by Crippen LogP contribution is 2.37. The van der Waals surface area contributed by atoms with Crippen molar-refractivity contribution < 1.29 is 22.4 Å². The molecule has 6 nitrogen and oxygen atoms in total. The summed E-state index contributed by atoms with van der Waals surface area (Å²) in [6.45, 7) is 3.88. The predicted octanol–water partition coefficient (Wildman–Crippen LogP) is 4.91. The number of halogens is 4. The van der Waals surface area contributed by atoms with Crippen LogP contribution in [0.3, 0.4) is 0 Å². The molecule has 0 fully saturated rings. The number of aryl methyl sites for hydroxylation is 2. The quantitative estimate of drug-likeness (QED) is 0.449. The molecular formula is C20H17F4N5OS. The van der Waals surface area contributed by atoms with E-state index >= 15 is 0 Å². The van der Waals surface area contributed by atoms with Crippen LogP contribution in [0.4, 0.5) is 23.2 Å². The van der Waals surface area contributed by atoms with Gasteiger partial charge in [0.2, 0.25) is 0 Å². The van der Waals surface area contributed by atoms with E-state index in [1.165, 1.54) is 25.2 Å². The SMILES string of the molecule is Cc1nn(Cc2ccc(F)cc2)c(C)c1NC(=O)c1cc2c(C(F)(F)F)nn(C)c2s1. The molecule has 0 atom stereocenters. The molecule has 3 heterocycles. The minimum absolute atomic E-state index is 0.106. The molecule has 162 valence electrons. The van der Waals surface area contributed by atoms with Crippen molar-refractivity contribution in [2.75, 3.05) is 5.32 Å². The van der Waals surface area contributed by atoms with Gasteiger partial charge in [0.25, 0.3) is 5.91 Å². The lowest BCUT2D eigenvalue weighted by molar-refractivity contribution is -0.140. The average Bonchev–Trinajstić information content (AvgIpc) is 3.33. The maximum Gasteiger partial charge on any atom is 0.435 e. The predicted molar refractivity (Wildman–Crippen MR) is 109 cm³/mol. The molecule has 4 aromatic rings. The van der Waals surface area contributed by atoms with Crippen molar-refractivity contribution in [3.63, 3.8) is 0 Å². The van der Waals surface area contributed by atoms with Crippen molar-refractivity contribution in [1.29, 1.82) is 0 Å². The summed E-state index contributed by atoms with van der Waals surface area (Å²) in [5.41, 5.74) is 1.54.